The van der Waals surface area contributed by atoms with Crippen molar-refractivity contribution in [2.75, 3.05) is 51.7 Å². The van der Waals surface area contributed by atoms with Crippen LogP contribution in [0, 0.1) is 11.3 Å². The number of aromatic nitrogens is 2. The molecule has 1 aromatic rings. The molecule has 0 N–H and O–H groups in total. The van der Waals surface area contributed by atoms with Crippen LogP contribution >= 0.6 is 0 Å². The summed E-state index contributed by atoms with van der Waals surface area (Å²) in [6.45, 7) is 6.97. The Bertz CT molecular complexity index is 608. The Morgan fingerprint density at radius 1 is 1.21 bits per heavy atom. The maximum atomic E-state index is 9.25. The third-order valence-electron chi connectivity index (χ3n) is 5.04. The van der Waals surface area contributed by atoms with Gasteiger partial charge in [-0.25, -0.2) is 4.98 Å². The standard InChI is InChI=1S/C17H26N6O/c1-13(14-5-4-6-22(14)3)24-17-11-16(19-15(12-18)20-17)23-9-7-21(2)8-10-23/h11,13-14H,4-10H2,1-3H3/t13-,14-/m0/s1. The van der Waals surface area contributed by atoms with Crippen molar-refractivity contribution in [3.05, 3.63) is 11.9 Å². The van der Waals surface area contributed by atoms with E-state index in [1.807, 2.05) is 6.07 Å². The summed E-state index contributed by atoms with van der Waals surface area (Å²) < 4.78 is 6.08. The smallest absolute Gasteiger partial charge is 0.237 e. The van der Waals surface area contributed by atoms with Crippen LogP contribution in [-0.4, -0.2) is 78.7 Å². The average Bonchev–Trinajstić information content (AvgIpc) is 3.01. The first-order chi connectivity index (χ1) is 11.6. The molecule has 2 aliphatic rings. The van der Waals surface area contributed by atoms with Crippen molar-refractivity contribution in [3.63, 3.8) is 0 Å². The van der Waals surface area contributed by atoms with Crippen LogP contribution in [0.4, 0.5) is 5.82 Å². The highest BCUT2D eigenvalue weighted by atomic mass is 16.5. The second-order valence-electron chi connectivity index (χ2n) is 6.80. The van der Waals surface area contributed by atoms with E-state index in [4.69, 9.17) is 4.74 Å². The summed E-state index contributed by atoms with van der Waals surface area (Å²) in [5.41, 5.74) is 0. The maximum Gasteiger partial charge on any atom is 0.237 e. The Morgan fingerprint density at radius 3 is 2.58 bits per heavy atom. The lowest BCUT2D eigenvalue weighted by Gasteiger charge is -2.33. The minimum Gasteiger partial charge on any atom is -0.473 e. The molecule has 0 amide bonds. The van der Waals surface area contributed by atoms with Crippen LogP contribution in [0.5, 0.6) is 5.88 Å². The molecule has 0 spiro atoms. The molecule has 24 heavy (non-hydrogen) atoms. The van der Waals surface area contributed by atoms with Gasteiger partial charge in [-0.1, -0.05) is 0 Å². The molecule has 0 bridgehead atoms. The first kappa shape index (κ1) is 16.9. The first-order valence-electron chi connectivity index (χ1n) is 8.66. The molecule has 3 heterocycles. The summed E-state index contributed by atoms with van der Waals surface area (Å²) in [6.07, 6.45) is 2.38. The molecule has 2 atom stereocenters. The topological polar surface area (TPSA) is 68.5 Å². The molecule has 7 heteroatoms. The monoisotopic (exact) mass is 330 g/mol. The van der Waals surface area contributed by atoms with Gasteiger partial charge in [0.05, 0.1) is 0 Å². The minimum absolute atomic E-state index is 0.0410. The average molecular weight is 330 g/mol. The van der Waals surface area contributed by atoms with Crippen molar-refractivity contribution in [2.45, 2.75) is 31.9 Å². The van der Waals surface area contributed by atoms with Crippen molar-refractivity contribution >= 4 is 5.82 Å². The number of nitrogens with zero attached hydrogens (tertiary/aromatic N) is 6. The molecule has 1 aromatic heterocycles. The summed E-state index contributed by atoms with van der Waals surface area (Å²) in [7, 11) is 4.25. The van der Waals surface area contributed by atoms with E-state index in [9.17, 15) is 5.26 Å². The number of hydrogen-bond acceptors (Lipinski definition) is 7. The zero-order valence-electron chi connectivity index (χ0n) is 14.8. The van der Waals surface area contributed by atoms with Crippen molar-refractivity contribution in [3.8, 4) is 11.9 Å². The lowest BCUT2D eigenvalue weighted by Crippen LogP contribution is -2.45. The van der Waals surface area contributed by atoms with Crippen LogP contribution in [0.3, 0.4) is 0 Å². The van der Waals surface area contributed by atoms with Gasteiger partial charge in [-0.05, 0) is 40.4 Å². The molecule has 2 saturated heterocycles. The first-order valence-corrected chi connectivity index (χ1v) is 8.66. The second-order valence-corrected chi connectivity index (χ2v) is 6.80. The van der Waals surface area contributed by atoms with E-state index in [-0.39, 0.29) is 11.9 Å². The van der Waals surface area contributed by atoms with Crippen LogP contribution < -0.4 is 9.64 Å². The van der Waals surface area contributed by atoms with E-state index >= 15 is 0 Å². The molecule has 0 aromatic carbocycles. The predicted molar refractivity (Wildman–Crippen MR) is 92.2 cm³/mol. The number of anilines is 1. The molecule has 2 aliphatic heterocycles. The molecule has 0 aliphatic carbocycles. The van der Waals surface area contributed by atoms with Gasteiger partial charge in [0.25, 0.3) is 0 Å². The number of rotatable bonds is 4. The van der Waals surface area contributed by atoms with Gasteiger partial charge in [0.1, 0.15) is 18.0 Å². The Balaban J connectivity index is 1.75. The summed E-state index contributed by atoms with van der Waals surface area (Å²) in [5, 5.41) is 9.25. The third-order valence-corrected chi connectivity index (χ3v) is 5.04. The summed E-state index contributed by atoms with van der Waals surface area (Å²) >= 11 is 0. The Kier molecular flexibility index (Phi) is 5.17. The number of likely N-dealkylation sites (N-methyl/N-ethyl adjacent to an activating group) is 2. The van der Waals surface area contributed by atoms with Crippen LogP contribution in [0.2, 0.25) is 0 Å². The fourth-order valence-corrected chi connectivity index (χ4v) is 3.52. The van der Waals surface area contributed by atoms with Crippen molar-refractivity contribution < 1.29 is 4.74 Å². The molecule has 0 radical (unpaired) electrons. The van der Waals surface area contributed by atoms with Crippen molar-refractivity contribution in [1.29, 1.82) is 5.26 Å². The maximum absolute atomic E-state index is 9.25. The SMILES string of the molecule is C[C@H](Oc1cc(N2CCN(C)CC2)nc(C#N)n1)[C@@H]1CCCN1C. The molecule has 3 rings (SSSR count). The molecule has 2 fully saturated rings. The van der Waals surface area contributed by atoms with E-state index in [1.165, 1.54) is 6.42 Å². The number of hydrogen-bond donors (Lipinski definition) is 0. The van der Waals surface area contributed by atoms with Gasteiger partial charge in [-0.2, -0.15) is 10.2 Å². The summed E-state index contributed by atoms with van der Waals surface area (Å²) in [4.78, 5) is 15.4. The summed E-state index contributed by atoms with van der Waals surface area (Å²) in [5.74, 6) is 1.47. The molecule has 0 saturated carbocycles. The van der Waals surface area contributed by atoms with Crippen LogP contribution in [0.15, 0.2) is 6.07 Å². The van der Waals surface area contributed by atoms with E-state index in [0.717, 1.165) is 45.0 Å². The van der Waals surface area contributed by atoms with Crippen molar-refractivity contribution in [1.82, 2.24) is 19.8 Å². The van der Waals surface area contributed by atoms with E-state index in [0.29, 0.717) is 11.9 Å². The highest BCUT2D eigenvalue weighted by Gasteiger charge is 2.28. The second kappa shape index (κ2) is 7.32. The molecular formula is C17H26N6O. The zero-order chi connectivity index (χ0) is 17.1. The number of piperazine rings is 1. The van der Waals surface area contributed by atoms with Gasteiger partial charge >= 0.3 is 0 Å². The fourth-order valence-electron chi connectivity index (χ4n) is 3.52. The van der Waals surface area contributed by atoms with Crippen LogP contribution in [0.25, 0.3) is 0 Å². The summed E-state index contributed by atoms with van der Waals surface area (Å²) in [6, 6.07) is 4.33. The number of ether oxygens (including phenoxy) is 1. The normalized spacial score (nSPS) is 23.9. The zero-order valence-corrected chi connectivity index (χ0v) is 14.8. The molecular weight excluding hydrogens is 304 g/mol. The lowest BCUT2D eigenvalue weighted by molar-refractivity contribution is 0.116. The Hall–Kier alpha value is -1.91. The van der Waals surface area contributed by atoms with Gasteiger partial charge in [0, 0.05) is 38.3 Å². The highest BCUT2D eigenvalue weighted by molar-refractivity contribution is 5.44. The molecule has 7 nitrogen and oxygen atoms in total. The van der Waals surface area contributed by atoms with Gasteiger partial charge in [-0.15, -0.1) is 0 Å². The predicted octanol–water partition coefficient (Wildman–Crippen LogP) is 0.962. The van der Waals surface area contributed by atoms with E-state index in [2.05, 4.69) is 51.8 Å². The number of likely N-dealkylation sites (tertiary alicyclic amines) is 1. The van der Waals surface area contributed by atoms with Crippen LogP contribution in [0.1, 0.15) is 25.6 Å². The minimum atomic E-state index is 0.0410. The number of nitriles is 1. The fraction of sp³-hybridized carbons (Fsp3) is 0.706. The van der Waals surface area contributed by atoms with Gasteiger partial charge in [0.2, 0.25) is 11.7 Å². The molecule has 130 valence electrons. The molecule has 0 unspecified atom stereocenters. The Morgan fingerprint density at radius 2 is 1.96 bits per heavy atom. The van der Waals surface area contributed by atoms with Gasteiger partial charge in [0.15, 0.2) is 0 Å². The van der Waals surface area contributed by atoms with Gasteiger partial charge < -0.3 is 14.5 Å². The van der Waals surface area contributed by atoms with Crippen LogP contribution in [-0.2, 0) is 0 Å². The lowest BCUT2D eigenvalue weighted by atomic mass is 10.1. The van der Waals surface area contributed by atoms with E-state index in [1.54, 1.807) is 0 Å². The van der Waals surface area contributed by atoms with E-state index < -0.39 is 0 Å². The largest absolute Gasteiger partial charge is 0.473 e. The quantitative estimate of drug-likeness (QED) is 0.814. The van der Waals surface area contributed by atoms with Crippen molar-refractivity contribution in [2.24, 2.45) is 0 Å². The van der Waals surface area contributed by atoms with Gasteiger partial charge in [-0.3, -0.25) is 4.90 Å². The third kappa shape index (κ3) is 3.77. The Labute approximate surface area is 143 Å². The highest BCUT2D eigenvalue weighted by Crippen LogP contribution is 2.24.